The minimum Gasteiger partial charge on any atom is -0.481 e. The lowest BCUT2D eigenvalue weighted by molar-refractivity contribution is -0.138. The van der Waals surface area contributed by atoms with Crippen molar-refractivity contribution in [3.63, 3.8) is 0 Å². The van der Waals surface area contributed by atoms with Crippen LogP contribution >= 0.6 is 0 Å². The normalized spacial score (nSPS) is 16.0. The first-order valence-corrected chi connectivity index (χ1v) is 6.09. The molecule has 0 spiro atoms. The Morgan fingerprint density at radius 2 is 2.00 bits per heavy atom. The second-order valence-corrected chi connectivity index (χ2v) is 4.70. The third-order valence-electron chi connectivity index (χ3n) is 3.37. The number of carboxylic acids is 1. The first-order chi connectivity index (χ1) is 7.89. The molecule has 0 aliphatic rings. The van der Waals surface area contributed by atoms with Gasteiger partial charge in [-0.1, -0.05) is 20.3 Å². The molecule has 0 bridgehead atoms. The van der Waals surface area contributed by atoms with Gasteiger partial charge in [-0.25, -0.2) is 0 Å². The summed E-state index contributed by atoms with van der Waals surface area (Å²) in [5, 5.41) is 11.5. The Morgan fingerprint density at radius 1 is 1.41 bits per heavy atom. The molecule has 0 aromatic rings. The van der Waals surface area contributed by atoms with E-state index in [1.54, 1.807) is 0 Å². The molecule has 0 aliphatic heterocycles. The third kappa shape index (κ3) is 5.17. The van der Waals surface area contributed by atoms with Crippen molar-refractivity contribution >= 4 is 11.9 Å². The van der Waals surface area contributed by atoms with Crippen LogP contribution in [-0.2, 0) is 9.59 Å². The first-order valence-electron chi connectivity index (χ1n) is 6.09. The lowest BCUT2D eigenvalue weighted by Gasteiger charge is -2.26. The van der Waals surface area contributed by atoms with Gasteiger partial charge in [-0.15, -0.1) is 0 Å². The van der Waals surface area contributed by atoms with Crippen molar-refractivity contribution in [1.82, 2.24) is 5.32 Å². The van der Waals surface area contributed by atoms with Gasteiger partial charge in [0, 0.05) is 19.5 Å². The Hall–Kier alpha value is -1.10. The summed E-state index contributed by atoms with van der Waals surface area (Å²) in [6.07, 6.45) is 1.49. The minimum atomic E-state index is -0.830. The van der Waals surface area contributed by atoms with Crippen LogP contribution in [0, 0.1) is 11.3 Å². The van der Waals surface area contributed by atoms with Gasteiger partial charge in [-0.3, -0.25) is 9.59 Å². The summed E-state index contributed by atoms with van der Waals surface area (Å²) in [6.45, 7) is 6.35. The highest BCUT2D eigenvalue weighted by molar-refractivity contribution is 5.82. The van der Waals surface area contributed by atoms with Crippen LogP contribution in [0.2, 0.25) is 0 Å². The second-order valence-electron chi connectivity index (χ2n) is 4.70. The molecule has 0 saturated heterocycles. The zero-order valence-corrected chi connectivity index (χ0v) is 11.0. The molecule has 0 saturated carbocycles. The fraction of sp³-hybridized carbons (Fsp3) is 0.833. The van der Waals surface area contributed by atoms with E-state index in [4.69, 9.17) is 10.8 Å². The van der Waals surface area contributed by atoms with Crippen LogP contribution in [0.25, 0.3) is 0 Å². The maximum absolute atomic E-state index is 11.9. The van der Waals surface area contributed by atoms with Gasteiger partial charge in [0.2, 0.25) is 5.91 Å². The summed E-state index contributed by atoms with van der Waals surface area (Å²) >= 11 is 0. The molecule has 4 N–H and O–H groups in total. The zero-order valence-electron chi connectivity index (χ0n) is 11.0. The SMILES string of the molecule is CCC(CNC(=O)C(C)(CC)CN)CC(=O)O. The van der Waals surface area contributed by atoms with Gasteiger partial charge in [0.15, 0.2) is 0 Å². The summed E-state index contributed by atoms with van der Waals surface area (Å²) in [6, 6.07) is 0. The number of aliphatic carboxylic acids is 1. The molecule has 0 aliphatic carbocycles. The number of hydrogen-bond acceptors (Lipinski definition) is 3. The molecule has 0 aromatic heterocycles. The Balaban J connectivity index is 4.25. The number of carbonyl (C=O) groups is 2. The Bertz CT molecular complexity index is 262. The van der Waals surface area contributed by atoms with Gasteiger partial charge in [0.05, 0.1) is 5.41 Å². The van der Waals surface area contributed by atoms with Gasteiger partial charge in [0.25, 0.3) is 0 Å². The van der Waals surface area contributed by atoms with Crippen LogP contribution in [0.1, 0.15) is 40.0 Å². The molecule has 5 nitrogen and oxygen atoms in total. The van der Waals surface area contributed by atoms with E-state index in [0.717, 1.165) is 6.42 Å². The fourth-order valence-electron chi connectivity index (χ4n) is 1.46. The van der Waals surface area contributed by atoms with E-state index in [1.165, 1.54) is 0 Å². The number of nitrogens with two attached hydrogens (primary N) is 1. The van der Waals surface area contributed by atoms with E-state index >= 15 is 0 Å². The van der Waals surface area contributed by atoms with Gasteiger partial charge in [-0.2, -0.15) is 0 Å². The molecule has 17 heavy (non-hydrogen) atoms. The molecule has 2 atom stereocenters. The molecule has 0 radical (unpaired) electrons. The average molecular weight is 244 g/mol. The maximum atomic E-state index is 11.9. The van der Waals surface area contributed by atoms with Crippen molar-refractivity contribution in [2.45, 2.75) is 40.0 Å². The maximum Gasteiger partial charge on any atom is 0.303 e. The van der Waals surface area contributed by atoms with Crippen LogP contribution in [0.3, 0.4) is 0 Å². The highest BCUT2D eigenvalue weighted by atomic mass is 16.4. The van der Waals surface area contributed by atoms with Gasteiger partial charge >= 0.3 is 5.97 Å². The number of amides is 1. The quantitative estimate of drug-likeness (QED) is 0.593. The van der Waals surface area contributed by atoms with Crippen LogP contribution in [0.5, 0.6) is 0 Å². The van der Waals surface area contributed by atoms with E-state index in [0.29, 0.717) is 19.5 Å². The van der Waals surface area contributed by atoms with Gasteiger partial charge < -0.3 is 16.2 Å². The largest absolute Gasteiger partial charge is 0.481 e. The van der Waals surface area contributed by atoms with E-state index in [2.05, 4.69) is 5.32 Å². The monoisotopic (exact) mass is 244 g/mol. The molecule has 0 heterocycles. The van der Waals surface area contributed by atoms with E-state index in [9.17, 15) is 9.59 Å². The van der Waals surface area contributed by atoms with Crippen molar-refractivity contribution in [3.8, 4) is 0 Å². The van der Waals surface area contributed by atoms with Crippen LogP contribution in [0.15, 0.2) is 0 Å². The molecule has 0 fully saturated rings. The summed E-state index contributed by atoms with van der Waals surface area (Å²) in [4.78, 5) is 22.5. The predicted molar refractivity (Wildman–Crippen MR) is 66.5 cm³/mol. The average Bonchev–Trinajstić information content (AvgIpc) is 2.32. The summed E-state index contributed by atoms with van der Waals surface area (Å²) in [7, 11) is 0. The number of carboxylic acid groups (broad SMARTS) is 1. The first kappa shape index (κ1) is 15.9. The summed E-state index contributed by atoms with van der Waals surface area (Å²) in [5.41, 5.74) is 5.03. The minimum absolute atomic E-state index is 0.0182. The van der Waals surface area contributed by atoms with E-state index in [-0.39, 0.29) is 18.2 Å². The Labute approximate surface area is 103 Å². The Kier molecular flexibility index (Phi) is 6.80. The Morgan fingerprint density at radius 3 is 2.35 bits per heavy atom. The van der Waals surface area contributed by atoms with Crippen LogP contribution < -0.4 is 11.1 Å². The third-order valence-corrected chi connectivity index (χ3v) is 3.37. The van der Waals surface area contributed by atoms with Gasteiger partial charge in [-0.05, 0) is 19.3 Å². The lowest BCUT2D eigenvalue weighted by Crippen LogP contribution is -2.45. The highest BCUT2D eigenvalue weighted by Crippen LogP contribution is 2.19. The molecule has 2 unspecified atom stereocenters. The van der Waals surface area contributed by atoms with Crippen molar-refractivity contribution in [3.05, 3.63) is 0 Å². The standard InChI is InChI=1S/C12H24N2O3/c1-4-9(6-10(15)16)7-14-11(17)12(3,5-2)8-13/h9H,4-8,13H2,1-3H3,(H,14,17)(H,15,16). The smallest absolute Gasteiger partial charge is 0.303 e. The molecule has 0 rings (SSSR count). The van der Waals surface area contributed by atoms with E-state index in [1.807, 2.05) is 20.8 Å². The van der Waals surface area contributed by atoms with E-state index < -0.39 is 11.4 Å². The number of rotatable bonds is 8. The van der Waals surface area contributed by atoms with Crippen molar-refractivity contribution in [2.75, 3.05) is 13.1 Å². The molecule has 0 aromatic carbocycles. The second kappa shape index (κ2) is 7.27. The van der Waals surface area contributed by atoms with Crippen molar-refractivity contribution in [2.24, 2.45) is 17.1 Å². The van der Waals surface area contributed by atoms with Crippen LogP contribution in [-0.4, -0.2) is 30.1 Å². The predicted octanol–water partition coefficient (Wildman–Crippen LogP) is 0.979. The topological polar surface area (TPSA) is 92.4 Å². The molecule has 1 amide bonds. The number of carbonyl (C=O) groups excluding carboxylic acids is 1. The van der Waals surface area contributed by atoms with Crippen molar-refractivity contribution in [1.29, 1.82) is 0 Å². The molecule has 5 heteroatoms. The lowest BCUT2D eigenvalue weighted by atomic mass is 9.86. The molecular formula is C12H24N2O3. The van der Waals surface area contributed by atoms with Gasteiger partial charge in [0.1, 0.15) is 0 Å². The number of hydrogen-bond donors (Lipinski definition) is 3. The summed E-state index contributed by atoms with van der Waals surface area (Å²) < 4.78 is 0. The molecule has 100 valence electrons. The number of nitrogens with one attached hydrogen (secondary N) is 1. The highest BCUT2D eigenvalue weighted by Gasteiger charge is 2.29. The van der Waals surface area contributed by atoms with Crippen LogP contribution in [0.4, 0.5) is 0 Å². The van der Waals surface area contributed by atoms with Crippen molar-refractivity contribution < 1.29 is 14.7 Å². The zero-order chi connectivity index (χ0) is 13.5. The summed E-state index contributed by atoms with van der Waals surface area (Å²) in [5.74, 6) is -0.940. The fourth-order valence-corrected chi connectivity index (χ4v) is 1.46. The molecular weight excluding hydrogens is 220 g/mol.